The van der Waals surface area contributed by atoms with Crippen molar-refractivity contribution in [1.82, 2.24) is 0 Å². The van der Waals surface area contributed by atoms with Crippen LogP contribution < -0.4 is 0 Å². The van der Waals surface area contributed by atoms with Crippen LogP contribution in [0.15, 0.2) is 11.6 Å². The molecule has 0 heterocycles. The van der Waals surface area contributed by atoms with Gasteiger partial charge in [0, 0.05) is 5.92 Å². The second-order valence-electron chi connectivity index (χ2n) is 4.52. The first kappa shape index (κ1) is 8.22. The van der Waals surface area contributed by atoms with E-state index in [-0.39, 0.29) is 4.83 Å². The zero-order valence-electron chi connectivity index (χ0n) is 7.50. The normalized spacial score (nSPS) is 47.8. The number of hydrogen-bond donors (Lipinski definition) is 0. The van der Waals surface area contributed by atoms with E-state index < -0.39 is 0 Å². The van der Waals surface area contributed by atoms with Crippen molar-refractivity contribution in [3.63, 3.8) is 0 Å². The molecule has 3 rings (SSSR count). The molecular formula is C11H13BrO. The Morgan fingerprint density at radius 1 is 1.31 bits per heavy atom. The summed E-state index contributed by atoms with van der Waals surface area (Å²) in [5, 5.41) is 0. The maximum absolute atomic E-state index is 11.9. The van der Waals surface area contributed by atoms with E-state index in [0.717, 1.165) is 25.2 Å². The van der Waals surface area contributed by atoms with Crippen molar-refractivity contribution >= 4 is 21.7 Å². The molecule has 0 aromatic rings. The highest BCUT2D eigenvalue weighted by atomic mass is 79.9. The van der Waals surface area contributed by atoms with Gasteiger partial charge in [0.1, 0.15) is 5.78 Å². The summed E-state index contributed by atoms with van der Waals surface area (Å²) in [6, 6.07) is 0. The predicted octanol–water partition coefficient (Wildman–Crippen LogP) is 2.70. The molecule has 70 valence electrons. The fourth-order valence-electron chi connectivity index (χ4n) is 3.25. The lowest BCUT2D eigenvalue weighted by Gasteiger charge is -2.32. The minimum atomic E-state index is 0.141. The van der Waals surface area contributed by atoms with Gasteiger partial charge < -0.3 is 0 Å². The standard InChI is InChI=1S/C11H13BrO/c12-9-4-2-7-5-6-1-3-8(10(6)7)11(9)13/h5-6,8-10H,1-4H2/t6-,8-,9-,10-/m1/s1. The van der Waals surface area contributed by atoms with Crippen molar-refractivity contribution in [3.8, 4) is 0 Å². The first-order valence-electron chi connectivity index (χ1n) is 5.16. The van der Waals surface area contributed by atoms with E-state index in [1.807, 2.05) is 0 Å². The maximum Gasteiger partial charge on any atom is 0.150 e. The van der Waals surface area contributed by atoms with Gasteiger partial charge in [-0.3, -0.25) is 4.79 Å². The lowest BCUT2D eigenvalue weighted by molar-refractivity contribution is -0.122. The highest BCUT2D eigenvalue weighted by Crippen LogP contribution is 2.53. The van der Waals surface area contributed by atoms with Crippen LogP contribution in [0.25, 0.3) is 0 Å². The fourth-order valence-corrected chi connectivity index (χ4v) is 3.82. The van der Waals surface area contributed by atoms with Gasteiger partial charge in [-0.2, -0.15) is 0 Å². The van der Waals surface area contributed by atoms with Crippen molar-refractivity contribution in [3.05, 3.63) is 11.6 Å². The smallest absolute Gasteiger partial charge is 0.150 e. The van der Waals surface area contributed by atoms with Crippen molar-refractivity contribution in [2.75, 3.05) is 0 Å². The third kappa shape index (κ3) is 1.01. The molecule has 2 fully saturated rings. The van der Waals surface area contributed by atoms with Crippen molar-refractivity contribution in [2.45, 2.75) is 30.5 Å². The Morgan fingerprint density at radius 3 is 3.00 bits per heavy atom. The molecule has 1 nitrogen and oxygen atoms in total. The topological polar surface area (TPSA) is 17.1 Å². The summed E-state index contributed by atoms with van der Waals surface area (Å²) in [6.45, 7) is 0. The summed E-state index contributed by atoms with van der Waals surface area (Å²) in [7, 11) is 0. The van der Waals surface area contributed by atoms with Gasteiger partial charge in [0.25, 0.3) is 0 Å². The summed E-state index contributed by atoms with van der Waals surface area (Å²) < 4.78 is 0. The molecule has 4 atom stereocenters. The molecule has 13 heavy (non-hydrogen) atoms. The first-order chi connectivity index (χ1) is 6.27. The van der Waals surface area contributed by atoms with Gasteiger partial charge in [0.05, 0.1) is 4.83 Å². The van der Waals surface area contributed by atoms with Gasteiger partial charge in [-0.05, 0) is 37.5 Å². The number of hydrogen-bond acceptors (Lipinski definition) is 1. The van der Waals surface area contributed by atoms with Crippen LogP contribution >= 0.6 is 15.9 Å². The summed E-state index contributed by atoms with van der Waals surface area (Å²) in [5.41, 5.74) is 1.59. The van der Waals surface area contributed by atoms with E-state index >= 15 is 0 Å². The average molecular weight is 241 g/mol. The van der Waals surface area contributed by atoms with Gasteiger partial charge in [-0.25, -0.2) is 0 Å². The Labute approximate surface area is 86.7 Å². The maximum atomic E-state index is 11.9. The Balaban J connectivity index is 1.97. The van der Waals surface area contributed by atoms with Gasteiger partial charge >= 0.3 is 0 Å². The number of ketones is 1. The lowest BCUT2D eigenvalue weighted by atomic mass is 9.72. The molecule has 0 unspecified atom stereocenters. The summed E-state index contributed by atoms with van der Waals surface area (Å²) in [5.74, 6) is 2.28. The minimum absolute atomic E-state index is 0.141. The second-order valence-corrected chi connectivity index (χ2v) is 5.63. The molecule has 0 N–H and O–H groups in total. The monoisotopic (exact) mass is 240 g/mol. The molecule has 3 aliphatic rings. The third-order valence-corrected chi connectivity index (χ3v) is 4.83. The molecule has 0 spiro atoms. The van der Waals surface area contributed by atoms with Crippen LogP contribution in [0.3, 0.4) is 0 Å². The molecule has 0 bridgehead atoms. The molecule has 0 radical (unpaired) electrons. The van der Waals surface area contributed by atoms with Crippen LogP contribution in [-0.2, 0) is 4.79 Å². The summed E-state index contributed by atoms with van der Waals surface area (Å²) in [6.07, 6.45) is 6.98. The molecule has 2 saturated carbocycles. The molecule has 3 aliphatic carbocycles. The second kappa shape index (κ2) is 2.69. The number of Topliss-reactive ketones (excluding diaryl/α,β-unsaturated/α-hetero) is 1. The Kier molecular flexibility index (Phi) is 1.70. The van der Waals surface area contributed by atoms with E-state index in [9.17, 15) is 4.79 Å². The van der Waals surface area contributed by atoms with Gasteiger partial charge in [-0.1, -0.05) is 27.6 Å². The average Bonchev–Trinajstić information content (AvgIpc) is 2.38. The molecule has 0 saturated heterocycles. The summed E-state index contributed by atoms with van der Waals surface area (Å²) in [4.78, 5) is 12.1. The largest absolute Gasteiger partial charge is 0.298 e. The van der Waals surface area contributed by atoms with E-state index in [4.69, 9.17) is 0 Å². The van der Waals surface area contributed by atoms with Crippen LogP contribution in [0.2, 0.25) is 0 Å². The van der Waals surface area contributed by atoms with Crippen molar-refractivity contribution in [2.24, 2.45) is 17.8 Å². The van der Waals surface area contributed by atoms with Crippen LogP contribution in [0, 0.1) is 17.8 Å². The zero-order chi connectivity index (χ0) is 9.00. The number of carbonyl (C=O) groups excluding carboxylic acids is 1. The number of carbonyl (C=O) groups is 1. The molecule has 0 amide bonds. The number of alkyl halides is 1. The summed E-state index contributed by atoms with van der Waals surface area (Å²) >= 11 is 3.51. The number of halogens is 1. The molecule has 0 aromatic carbocycles. The predicted molar refractivity (Wildman–Crippen MR) is 54.7 cm³/mol. The fraction of sp³-hybridized carbons (Fsp3) is 0.727. The highest BCUT2D eigenvalue weighted by Gasteiger charge is 2.48. The Bertz CT molecular complexity index is 294. The van der Waals surface area contributed by atoms with Gasteiger partial charge in [-0.15, -0.1) is 0 Å². The molecular weight excluding hydrogens is 228 g/mol. The minimum Gasteiger partial charge on any atom is -0.298 e. The molecule has 0 aromatic heterocycles. The Morgan fingerprint density at radius 2 is 2.15 bits per heavy atom. The van der Waals surface area contributed by atoms with Crippen LogP contribution in [0.4, 0.5) is 0 Å². The van der Waals surface area contributed by atoms with Gasteiger partial charge in [0.2, 0.25) is 0 Å². The quantitative estimate of drug-likeness (QED) is 0.470. The van der Waals surface area contributed by atoms with Crippen LogP contribution in [-0.4, -0.2) is 10.6 Å². The molecule has 0 aliphatic heterocycles. The lowest BCUT2D eigenvalue weighted by Crippen LogP contribution is -2.29. The Hall–Kier alpha value is -0.110. The van der Waals surface area contributed by atoms with E-state index in [0.29, 0.717) is 17.6 Å². The van der Waals surface area contributed by atoms with Gasteiger partial charge in [0.15, 0.2) is 0 Å². The van der Waals surface area contributed by atoms with E-state index in [1.165, 1.54) is 6.42 Å². The van der Waals surface area contributed by atoms with Crippen molar-refractivity contribution in [1.29, 1.82) is 0 Å². The highest BCUT2D eigenvalue weighted by molar-refractivity contribution is 9.10. The van der Waals surface area contributed by atoms with Crippen LogP contribution in [0.1, 0.15) is 25.7 Å². The zero-order valence-corrected chi connectivity index (χ0v) is 9.09. The number of rotatable bonds is 0. The third-order valence-electron chi connectivity index (χ3n) is 3.92. The van der Waals surface area contributed by atoms with E-state index in [2.05, 4.69) is 22.0 Å². The first-order valence-corrected chi connectivity index (χ1v) is 6.07. The molecule has 2 heteroatoms. The SMILES string of the molecule is O=C1[C@H](Br)CCC2=C[C@H]3CC[C@@H]1[C@@H]23. The van der Waals surface area contributed by atoms with Crippen LogP contribution in [0.5, 0.6) is 0 Å². The van der Waals surface area contributed by atoms with Crippen molar-refractivity contribution < 1.29 is 4.79 Å². The number of allylic oxidation sites excluding steroid dienone is 2. The van der Waals surface area contributed by atoms with E-state index in [1.54, 1.807) is 5.57 Å².